The summed E-state index contributed by atoms with van der Waals surface area (Å²) in [5, 5.41) is 8.92. The van der Waals surface area contributed by atoms with Crippen molar-refractivity contribution in [1.29, 1.82) is 0 Å². The molecule has 4 N–H and O–H groups in total. The van der Waals surface area contributed by atoms with Crippen LogP contribution in [0.4, 0.5) is 0 Å². The second-order valence-electron chi connectivity index (χ2n) is 16.3. The average Bonchev–Trinajstić information content (AvgIpc) is 3.75. The number of phosphoric ester groups is 1. The Balaban J connectivity index is 1.62. The van der Waals surface area contributed by atoms with Gasteiger partial charge in [0.1, 0.15) is 35.7 Å². The van der Waals surface area contributed by atoms with Gasteiger partial charge < -0.3 is 34.0 Å². The molecule has 0 aliphatic carbocycles. The third kappa shape index (κ3) is 25.1. The highest BCUT2D eigenvalue weighted by Gasteiger charge is 2.28. The van der Waals surface area contributed by atoms with Gasteiger partial charge in [-0.1, -0.05) is 104 Å². The molecule has 0 saturated carbocycles. The zero-order chi connectivity index (χ0) is 44.0. The van der Waals surface area contributed by atoms with Gasteiger partial charge in [0.05, 0.1) is 13.2 Å². The number of unbranched alkanes of at least 4 members (excludes halogenated alkanes) is 16. The fourth-order valence-corrected chi connectivity index (χ4v) is 7.81. The number of phosphoric acid groups is 1. The van der Waals surface area contributed by atoms with Gasteiger partial charge in [-0.25, -0.2) is 4.57 Å². The lowest BCUT2D eigenvalue weighted by Gasteiger charge is -2.20. The van der Waals surface area contributed by atoms with Crippen molar-refractivity contribution >= 4 is 25.7 Å². The van der Waals surface area contributed by atoms with Crippen LogP contribution in [0.2, 0.25) is 0 Å². The Morgan fingerprint density at radius 3 is 1.57 bits per heavy atom. The predicted octanol–water partition coefficient (Wildman–Crippen LogP) is 11.0. The Morgan fingerprint density at radius 2 is 1.07 bits per heavy atom. The molecule has 0 aromatic carbocycles. The molecule has 2 rings (SSSR count). The summed E-state index contributed by atoms with van der Waals surface area (Å²) >= 11 is 0. The number of rotatable bonds is 38. The summed E-state index contributed by atoms with van der Waals surface area (Å²) in [5.74, 6) is 2.00. The molecule has 14 heteroatoms. The molecule has 0 fully saturated rings. The molecule has 0 bridgehead atoms. The number of carbonyl (C=O) groups is 3. The minimum atomic E-state index is -4.74. The van der Waals surface area contributed by atoms with Crippen molar-refractivity contribution in [2.45, 2.75) is 207 Å². The highest BCUT2D eigenvalue weighted by molar-refractivity contribution is 7.47. The van der Waals surface area contributed by atoms with Gasteiger partial charge in [0.2, 0.25) is 0 Å². The van der Waals surface area contributed by atoms with Crippen LogP contribution < -0.4 is 5.73 Å². The van der Waals surface area contributed by atoms with Crippen molar-refractivity contribution < 1.29 is 56.3 Å². The van der Waals surface area contributed by atoms with E-state index in [1.807, 2.05) is 0 Å². The number of nitrogens with two attached hydrogens (primary N) is 1. The van der Waals surface area contributed by atoms with Crippen LogP contribution in [0.3, 0.4) is 0 Å². The monoisotopic (exact) mass is 868 g/mol. The lowest BCUT2D eigenvalue weighted by molar-refractivity contribution is -0.161. The van der Waals surface area contributed by atoms with Gasteiger partial charge in [0.25, 0.3) is 0 Å². The number of hydrogen-bond donors (Lipinski definition) is 3. The molecule has 0 amide bonds. The van der Waals surface area contributed by atoms with E-state index in [9.17, 15) is 23.8 Å². The maximum absolute atomic E-state index is 12.7. The molecule has 13 nitrogen and oxygen atoms in total. The molecule has 2 aromatic rings. The Hall–Kier alpha value is -2.96. The zero-order valence-corrected chi connectivity index (χ0v) is 38.2. The summed E-state index contributed by atoms with van der Waals surface area (Å²) in [7, 11) is -4.74. The van der Waals surface area contributed by atoms with Gasteiger partial charge in [-0.15, -0.1) is 0 Å². The van der Waals surface area contributed by atoms with Crippen LogP contribution in [0, 0.1) is 13.8 Å². The van der Waals surface area contributed by atoms with Gasteiger partial charge >= 0.3 is 25.7 Å². The maximum atomic E-state index is 12.7. The topological polar surface area (TPSA) is 198 Å². The van der Waals surface area contributed by atoms with Crippen molar-refractivity contribution in [2.75, 3.05) is 19.8 Å². The number of furan rings is 2. The molecule has 344 valence electrons. The summed E-state index contributed by atoms with van der Waals surface area (Å²) in [6.07, 6.45) is 24.1. The molecular weight excluding hydrogens is 789 g/mol. The standard InChI is InChI=1S/C46H78NO12P/c1-5-7-20-26-39-32-37(4)43(58-39)28-22-17-12-8-10-14-18-23-29-44(48)54-33-40(34-55-60(52,53)56-35-41(47)46(50)51)59-45(49)30-24-19-15-11-9-13-16-21-27-42-36(3)31-38(57-42)25-6-2/h31-32,40-41H,5-30,33-35,47H2,1-4H3,(H,50,51)(H,52,53). The van der Waals surface area contributed by atoms with E-state index in [-0.39, 0.29) is 19.4 Å². The van der Waals surface area contributed by atoms with Gasteiger partial charge in [0.15, 0.2) is 6.10 Å². The number of carboxylic acid groups (broad SMARTS) is 1. The van der Waals surface area contributed by atoms with Crippen LogP contribution in [0.15, 0.2) is 21.0 Å². The van der Waals surface area contributed by atoms with Gasteiger partial charge in [-0.3, -0.25) is 23.4 Å². The summed E-state index contributed by atoms with van der Waals surface area (Å²) in [4.78, 5) is 46.2. The van der Waals surface area contributed by atoms with Gasteiger partial charge in [-0.05, 0) is 75.6 Å². The van der Waals surface area contributed by atoms with E-state index < -0.39 is 51.1 Å². The predicted molar refractivity (Wildman–Crippen MR) is 233 cm³/mol. The van der Waals surface area contributed by atoms with Gasteiger partial charge in [0, 0.05) is 38.5 Å². The van der Waals surface area contributed by atoms with Crippen molar-refractivity contribution in [3.63, 3.8) is 0 Å². The largest absolute Gasteiger partial charge is 0.480 e. The van der Waals surface area contributed by atoms with Crippen molar-refractivity contribution in [3.05, 3.63) is 46.3 Å². The fourth-order valence-electron chi connectivity index (χ4n) is 7.03. The molecular formula is C46H78NO12P. The van der Waals surface area contributed by atoms with E-state index in [1.165, 1.54) is 36.8 Å². The van der Waals surface area contributed by atoms with E-state index in [1.54, 1.807) is 0 Å². The molecule has 0 radical (unpaired) electrons. The van der Waals surface area contributed by atoms with Crippen LogP contribution in [-0.4, -0.2) is 59.9 Å². The Morgan fingerprint density at radius 1 is 0.617 bits per heavy atom. The summed E-state index contributed by atoms with van der Waals surface area (Å²) in [5.41, 5.74) is 7.85. The number of ether oxygens (including phenoxy) is 2. The summed E-state index contributed by atoms with van der Waals surface area (Å²) in [6.45, 7) is 6.88. The second-order valence-corrected chi connectivity index (χ2v) is 17.8. The first-order valence-corrected chi connectivity index (χ1v) is 24.4. The zero-order valence-electron chi connectivity index (χ0n) is 37.3. The van der Waals surface area contributed by atoms with E-state index >= 15 is 0 Å². The quantitative estimate of drug-likeness (QED) is 0.0328. The lowest BCUT2D eigenvalue weighted by atomic mass is 10.1. The van der Waals surface area contributed by atoms with Gasteiger partial charge in [-0.2, -0.15) is 0 Å². The molecule has 0 spiro atoms. The smallest absolute Gasteiger partial charge is 0.472 e. The number of esters is 2. The van der Waals surface area contributed by atoms with Crippen LogP contribution in [0.5, 0.6) is 0 Å². The third-order valence-corrected chi connectivity index (χ3v) is 11.6. The number of aliphatic carboxylic acids is 1. The van der Waals surface area contributed by atoms with E-state index in [0.717, 1.165) is 139 Å². The SMILES string of the molecule is CCCCCc1cc(C)c(CCCCCCCCCCC(=O)OCC(COP(=O)(O)OCC(N)C(=O)O)OC(=O)CCCCCCCCCCc2oc(CCC)cc2C)o1. The van der Waals surface area contributed by atoms with Crippen molar-refractivity contribution in [2.24, 2.45) is 5.73 Å². The summed E-state index contributed by atoms with van der Waals surface area (Å²) < 4.78 is 44.9. The summed E-state index contributed by atoms with van der Waals surface area (Å²) in [6, 6.07) is 2.82. The first-order valence-electron chi connectivity index (χ1n) is 22.9. The maximum Gasteiger partial charge on any atom is 0.472 e. The number of aryl methyl sites for hydroxylation is 6. The average molecular weight is 868 g/mol. The Kier molecular flexibility index (Phi) is 28.2. The van der Waals surface area contributed by atoms with Crippen LogP contribution in [0.25, 0.3) is 0 Å². The first kappa shape index (κ1) is 53.2. The molecule has 2 aromatic heterocycles. The van der Waals surface area contributed by atoms with Crippen molar-refractivity contribution in [3.8, 4) is 0 Å². The Bertz CT molecular complexity index is 1520. The highest BCUT2D eigenvalue weighted by Crippen LogP contribution is 2.43. The number of carboxylic acids is 1. The van der Waals surface area contributed by atoms with E-state index in [0.29, 0.717) is 12.8 Å². The molecule has 60 heavy (non-hydrogen) atoms. The molecule has 0 aliphatic heterocycles. The minimum absolute atomic E-state index is 0.136. The lowest BCUT2D eigenvalue weighted by Crippen LogP contribution is -2.34. The number of carbonyl (C=O) groups excluding carboxylic acids is 2. The second kappa shape index (κ2) is 31.8. The van der Waals surface area contributed by atoms with E-state index in [2.05, 4.69) is 44.4 Å². The first-order chi connectivity index (χ1) is 28.8. The third-order valence-electron chi connectivity index (χ3n) is 10.6. The van der Waals surface area contributed by atoms with Crippen molar-refractivity contribution in [1.82, 2.24) is 0 Å². The van der Waals surface area contributed by atoms with Crippen LogP contribution in [-0.2, 0) is 63.2 Å². The molecule has 3 atom stereocenters. The Labute approximate surface area is 359 Å². The molecule has 0 saturated heterocycles. The van der Waals surface area contributed by atoms with Crippen LogP contribution >= 0.6 is 7.82 Å². The molecule has 3 unspecified atom stereocenters. The van der Waals surface area contributed by atoms with E-state index in [4.69, 9.17) is 33.7 Å². The number of hydrogen-bond acceptors (Lipinski definition) is 11. The molecule has 2 heterocycles. The fraction of sp³-hybridized carbons (Fsp3) is 0.761. The highest BCUT2D eigenvalue weighted by atomic mass is 31.2. The minimum Gasteiger partial charge on any atom is -0.480 e. The van der Waals surface area contributed by atoms with Crippen LogP contribution in [0.1, 0.15) is 189 Å². The normalized spacial score (nSPS) is 13.6. The molecule has 0 aliphatic rings.